The van der Waals surface area contributed by atoms with Crippen LogP contribution in [0, 0.1) is 0 Å². The average Bonchev–Trinajstić information content (AvgIpc) is 2.78. The van der Waals surface area contributed by atoms with Crippen LogP contribution in [-0.2, 0) is 9.53 Å². The van der Waals surface area contributed by atoms with Crippen LogP contribution in [0.3, 0.4) is 0 Å². The molecule has 1 amide bonds. The predicted molar refractivity (Wildman–Crippen MR) is 110 cm³/mol. The van der Waals surface area contributed by atoms with Gasteiger partial charge in [-0.3, -0.25) is 14.4 Å². The van der Waals surface area contributed by atoms with Crippen LogP contribution < -0.4 is 5.32 Å². The highest BCUT2D eigenvalue weighted by Gasteiger charge is 2.19. The molecule has 3 rings (SSSR count). The van der Waals surface area contributed by atoms with Crippen LogP contribution in [-0.4, -0.2) is 35.0 Å². The van der Waals surface area contributed by atoms with Gasteiger partial charge in [-0.15, -0.1) is 0 Å². The summed E-state index contributed by atoms with van der Waals surface area (Å²) in [5.74, 6) is -2.37. The minimum atomic E-state index is -0.748. The smallest absolute Gasteiger partial charge is 0.338 e. The van der Waals surface area contributed by atoms with E-state index in [1.54, 1.807) is 36.4 Å². The molecule has 2 aromatic carbocycles. The van der Waals surface area contributed by atoms with Crippen molar-refractivity contribution in [1.82, 2.24) is 4.98 Å². The van der Waals surface area contributed by atoms with Gasteiger partial charge in [-0.2, -0.15) is 0 Å². The largest absolute Gasteiger partial charge is 0.452 e. The second-order valence-electron chi connectivity index (χ2n) is 6.09. The Balaban J connectivity index is 1.55. The Bertz CT molecular complexity index is 1080. The number of halogens is 1. The zero-order valence-electron chi connectivity index (χ0n) is 15.5. The van der Waals surface area contributed by atoms with Crippen molar-refractivity contribution < 1.29 is 23.9 Å². The Morgan fingerprint density at radius 3 is 2.00 bits per heavy atom. The standard InChI is InChI=1S/C22H15ClN2O5/c23-17-10-11-18(24-12-17)25-19(26)13-30-22(29)16-8-6-15(7-9-16)21(28)20(27)14-4-2-1-3-5-14/h1-12H,13H2,(H,24,25,26). The van der Waals surface area contributed by atoms with Crippen LogP contribution in [0.4, 0.5) is 5.82 Å². The van der Waals surface area contributed by atoms with Gasteiger partial charge in [0.2, 0.25) is 11.6 Å². The van der Waals surface area contributed by atoms with E-state index < -0.39 is 30.0 Å². The maximum atomic E-state index is 12.3. The lowest BCUT2D eigenvalue weighted by molar-refractivity contribution is -0.119. The molecule has 1 N–H and O–H groups in total. The maximum absolute atomic E-state index is 12.3. The predicted octanol–water partition coefficient (Wildman–Crippen LogP) is 3.60. The first-order valence-corrected chi connectivity index (χ1v) is 9.14. The van der Waals surface area contributed by atoms with Gasteiger partial charge in [-0.25, -0.2) is 9.78 Å². The number of pyridine rings is 1. The summed E-state index contributed by atoms with van der Waals surface area (Å²) in [5.41, 5.74) is 0.565. The molecular weight excluding hydrogens is 408 g/mol. The molecule has 8 heteroatoms. The first kappa shape index (κ1) is 20.9. The van der Waals surface area contributed by atoms with Crippen LogP contribution in [0.5, 0.6) is 0 Å². The number of hydrogen-bond acceptors (Lipinski definition) is 6. The van der Waals surface area contributed by atoms with E-state index in [1.165, 1.54) is 36.5 Å². The topological polar surface area (TPSA) is 102 Å². The first-order valence-electron chi connectivity index (χ1n) is 8.77. The van der Waals surface area contributed by atoms with E-state index in [0.29, 0.717) is 5.02 Å². The number of aromatic nitrogens is 1. The van der Waals surface area contributed by atoms with Gasteiger partial charge in [0.1, 0.15) is 5.82 Å². The molecule has 1 aromatic heterocycles. The Hall–Kier alpha value is -3.84. The molecule has 0 unspecified atom stereocenters. The number of ketones is 2. The van der Waals surface area contributed by atoms with Crippen LogP contribution in [0.25, 0.3) is 0 Å². The molecule has 0 aliphatic heterocycles. The average molecular weight is 423 g/mol. The van der Waals surface area contributed by atoms with Crippen molar-refractivity contribution in [3.8, 4) is 0 Å². The third kappa shape index (κ3) is 5.36. The normalized spacial score (nSPS) is 10.2. The van der Waals surface area contributed by atoms with Crippen LogP contribution >= 0.6 is 11.6 Å². The molecule has 0 atom stereocenters. The fraction of sp³-hybridized carbons (Fsp3) is 0.0455. The summed E-state index contributed by atoms with van der Waals surface area (Å²) >= 11 is 5.71. The molecule has 7 nitrogen and oxygen atoms in total. The lowest BCUT2D eigenvalue weighted by atomic mass is 10.0. The summed E-state index contributed by atoms with van der Waals surface area (Å²) in [5, 5.41) is 2.88. The van der Waals surface area contributed by atoms with E-state index in [0.717, 1.165) is 0 Å². The number of benzene rings is 2. The molecule has 0 saturated heterocycles. The summed E-state index contributed by atoms with van der Waals surface area (Å²) in [7, 11) is 0. The Kier molecular flexibility index (Phi) is 6.67. The van der Waals surface area contributed by atoms with E-state index in [2.05, 4.69) is 10.3 Å². The maximum Gasteiger partial charge on any atom is 0.338 e. The summed E-state index contributed by atoms with van der Waals surface area (Å²) < 4.78 is 4.95. The van der Waals surface area contributed by atoms with Crippen LogP contribution in [0.15, 0.2) is 72.9 Å². The number of carbonyl (C=O) groups excluding carboxylic acids is 4. The van der Waals surface area contributed by atoms with E-state index in [9.17, 15) is 19.2 Å². The zero-order valence-corrected chi connectivity index (χ0v) is 16.3. The number of anilines is 1. The highest BCUT2D eigenvalue weighted by Crippen LogP contribution is 2.12. The number of rotatable bonds is 7. The number of nitrogens with zero attached hydrogens (tertiary/aromatic N) is 1. The van der Waals surface area contributed by atoms with Crippen molar-refractivity contribution in [3.63, 3.8) is 0 Å². The molecule has 30 heavy (non-hydrogen) atoms. The summed E-state index contributed by atoms with van der Waals surface area (Å²) in [4.78, 5) is 52.4. The fourth-order valence-electron chi connectivity index (χ4n) is 2.45. The van der Waals surface area contributed by atoms with Crippen molar-refractivity contribution in [2.45, 2.75) is 0 Å². The molecule has 150 valence electrons. The van der Waals surface area contributed by atoms with Gasteiger partial charge in [0.05, 0.1) is 10.6 Å². The third-order valence-corrected chi connectivity index (χ3v) is 4.18. The molecule has 0 spiro atoms. The van der Waals surface area contributed by atoms with E-state index >= 15 is 0 Å². The quantitative estimate of drug-likeness (QED) is 0.354. The van der Waals surface area contributed by atoms with Crippen molar-refractivity contribution in [1.29, 1.82) is 0 Å². The minimum absolute atomic E-state index is 0.135. The number of carbonyl (C=O) groups is 4. The molecule has 0 radical (unpaired) electrons. The second-order valence-corrected chi connectivity index (χ2v) is 6.52. The number of amides is 1. The van der Waals surface area contributed by atoms with Crippen molar-refractivity contribution in [3.05, 3.63) is 94.6 Å². The molecule has 0 fully saturated rings. The van der Waals surface area contributed by atoms with Gasteiger partial charge in [0.15, 0.2) is 6.61 Å². The van der Waals surface area contributed by atoms with Gasteiger partial charge in [-0.05, 0) is 24.3 Å². The van der Waals surface area contributed by atoms with Crippen LogP contribution in [0.1, 0.15) is 31.1 Å². The van der Waals surface area contributed by atoms with Gasteiger partial charge in [0.25, 0.3) is 5.91 Å². The van der Waals surface area contributed by atoms with Gasteiger partial charge in [0, 0.05) is 17.3 Å². The van der Waals surface area contributed by atoms with E-state index in [-0.39, 0.29) is 22.5 Å². The number of ether oxygens (including phenoxy) is 1. The Morgan fingerprint density at radius 1 is 0.800 bits per heavy atom. The summed E-state index contributed by atoms with van der Waals surface area (Å²) in [6.07, 6.45) is 1.37. The molecule has 0 saturated carbocycles. The van der Waals surface area contributed by atoms with Gasteiger partial charge < -0.3 is 10.1 Å². The monoisotopic (exact) mass is 422 g/mol. The Morgan fingerprint density at radius 2 is 1.40 bits per heavy atom. The second kappa shape index (κ2) is 9.58. The third-order valence-electron chi connectivity index (χ3n) is 3.95. The van der Waals surface area contributed by atoms with Crippen molar-refractivity contribution in [2.24, 2.45) is 0 Å². The number of nitrogens with one attached hydrogen (secondary N) is 1. The van der Waals surface area contributed by atoms with Gasteiger partial charge >= 0.3 is 5.97 Å². The minimum Gasteiger partial charge on any atom is -0.452 e. The zero-order chi connectivity index (χ0) is 21.5. The SMILES string of the molecule is O=C(COC(=O)c1ccc(C(=O)C(=O)c2ccccc2)cc1)Nc1ccc(Cl)cn1. The molecule has 1 heterocycles. The highest BCUT2D eigenvalue weighted by atomic mass is 35.5. The molecule has 3 aromatic rings. The number of esters is 1. The van der Waals surface area contributed by atoms with E-state index in [1.807, 2.05) is 0 Å². The molecule has 0 aliphatic carbocycles. The lowest BCUT2D eigenvalue weighted by Gasteiger charge is -2.07. The molecule has 0 bridgehead atoms. The fourth-order valence-corrected chi connectivity index (χ4v) is 2.56. The highest BCUT2D eigenvalue weighted by molar-refractivity contribution is 6.49. The van der Waals surface area contributed by atoms with Crippen molar-refractivity contribution in [2.75, 3.05) is 11.9 Å². The van der Waals surface area contributed by atoms with Gasteiger partial charge in [-0.1, -0.05) is 54.1 Å². The summed E-state index contributed by atoms with van der Waals surface area (Å²) in [6, 6.07) is 16.7. The van der Waals surface area contributed by atoms with Crippen LogP contribution in [0.2, 0.25) is 5.02 Å². The lowest BCUT2D eigenvalue weighted by Crippen LogP contribution is -2.21. The van der Waals surface area contributed by atoms with Crippen molar-refractivity contribution >= 4 is 40.9 Å². The Labute approximate surface area is 176 Å². The molecule has 0 aliphatic rings. The molecular formula is C22H15ClN2O5. The van der Waals surface area contributed by atoms with E-state index in [4.69, 9.17) is 16.3 Å². The summed E-state index contributed by atoms with van der Waals surface area (Å²) in [6.45, 7) is -0.518. The number of Topliss-reactive ketones (excluding diaryl/α,β-unsaturated/α-hetero) is 2. The first-order chi connectivity index (χ1) is 14.4. The number of hydrogen-bond donors (Lipinski definition) is 1.